The SMILES string of the molecule is COCCNC(=O)[C@@H]1CN(C(=O)c2ccco2)C[C@H]1c1ccc(OC)cc1OC. The molecule has 1 aliphatic heterocycles. The van der Waals surface area contributed by atoms with E-state index in [4.69, 9.17) is 18.6 Å². The fraction of sp³-hybridized carbons (Fsp3) is 0.429. The molecule has 0 spiro atoms. The molecule has 2 amide bonds. The maximum Gasteiger partial charge on any atom is 0.289 e. The number of hydrogen-bond acceptors (Lipinski definition) is 6. The van der Waals surface area contributed by atoms with Crippen molar-refractivity contribution in [3.05, 3.63) is 47.9 Å². The second-order valence-electron chi connectivity index (χ2n) is 6.79. The first-order chi connectivity index (χ1) is 14.1. The largest absolute Gasteiger partial charge is 0.497 e. The topological polar surface area (TPSA) is 90.2 Å². The van der Waals surface area contributed by atoms with Crippen LogP contribution in [0.1, 0.15) is 22.0 Å². The maximum absolute atomic E-state index is 12.9. The minimum absolute atomic E-state index is 0.125. The number of nitrogens with zero attached hydrogens (tertiary/aromatic N) is 1. The molecule has 8 nitrogen and oxygen atoms in total. The summed E-state index contributed by atoms with van der Waals surface area (Å²) in [4.78, 5) is 27.3. The zero-order valence-electron chi connectivity index (χ0n) is 16.8. The van der Waals surface area contributed by atoms with Crippen LogP contribution in [0.25, 0.3) is 0 Å². The van der Waals surface area contributed by atoms with Crippen molar-refractivity contribution in [3.63, 3.8) is 0 Å². The maximum atomic E-state index is 12.9. The molecule has 1 fully saturated rings. The number of ether oxygens (including phenoxy) is 3. The molecule has 2 atom stereocenters. The molecule has 1 aromatic carbocycles. The van der Waals surface area contributed by atoms with Crippen LogP contribution in [0.5, 0.6) is 11.5 Å². The van der Waals surface area contributed by atoms with Crippen molar-refractivity contribution < 1.29 is 28.2 Å². The lowest BCUT2D eigenvalue weighted by Crippen LogP contribution is -2.37. The van der Waals surface area contributed by atoms with E-state index in [0.29, 0.717) is 31.2 Å². The molecule has 0 unspecified atom stereocenters. The summed E-state index contributed by atoms with van der Waals surface area (Å²) in [5, 5.41) is 2.89. The van der Waals surface area contributed by atoms with E-state index in [1.807, 2.05) is 12.1 Å². The zero-order valence-corrected chi connectivity index (χ0v) is 16.8. The van der Waals surface area contributed by atoms with Gasteiger partial charge in [0.2, 0.25) is 5.91 Å². The molecule has 156 valence electrons. The number of carbonyl (C=O) groups excluding carboxylic acids is 2. The Kier molecular flexibility index (Phi) is 6.77. The number of rotatable bonds is 8. The second-order valence-corrected chi connectivity index (χ2v) is 6.79. The summed E-state index contributed by atoms with van der Waals surface area (Å²) >= 11 is 0. The van der Waals surface area contributed by atoms with Gasteiger partial charge in [-0.2, -0.15) is 0 Å². The van der Waals surface area contributed by atoms with Crippen molar-refractivity contribution in [2.24, 2.45) is 5.92 Å². The van der Waals surface area contributed by atoms with Gasteiger partial charge in [-0.25, -0.2) is 0 Å². The Labute approximate surface area is 169 Å². The molecule has 29 heavy (non-hydrogen) atoms. The van der Waals surface area contributed by atoms with Gasteiger partial charge >= 0.3 is 0 Å². The minimum atomic E-state index is -0.423. The molecule has 2 heterocycles. The zero-order chi connectivity index (χ0) is 20.8. The summed E-state index contributed by atoms with van der Waals surface area (Å²) in [6.07, 6.45) is 1.46. The summed E-state index contributed by atoms with van der Waals surface area (Å²) in [7, 11) is 4.74. The van der Waals surface area contributed by atoms with Crippen molar-refractivity contribution in [2.45, 2.75) is 5.92 Å². The van der Waals surface area contributed by atoms with Crippen LogP contribution in [0.3, 0.4) is 0 Å². The molecule has 0 saturated carbocycles. The Morgan fingerprint density at radius 3 is 2.66 bits per heavy atom. The lowest BCUT2D eigenvalue weighted by Gasteiger charge is -2.20. The third-order valence-electron chi connectivity index (χ3n) is 5.12. The smallest absolute Gasteiger partial charge is 0.289 e. The van der Waals surface area contributed by atoms with Crippen molar-refractivity contribution in [2.75, 3.05) is 47.6 Å². The molecule has 1 aliphatic rings. The van der Waals surface area contributed by atoms with Crippen LogP contribution < -0.4 is 14.8 Å². The van der Waals surface area contributed by atoms with Crippen LogP contribution in [-0.2, 0) is 9.53 Å². The Morgan fingerprint density at radius 1 is 1.17 bits per heavy atom. The molecule has 2 aromatic rings. The van der Waals surface area contributed by atoms with Crippen LogP contribution in [0.15, 0.2) is 41.0 Å². The highest BCUT2D eigenvalue weighted by molar-refractivity contribution is 5.92. The first-order valence-corrected chi connectivity index (χ1v) is 9.40. The fourth-order valence-electron chi connectivity index (χ4n) is 3.64. The van der Waals surface area contributed by atoms with E-state index >= 15 is 0 Å². The highest BCUT2D eigenvalue weighted by Gasteiger charge is 2.42. The first kappa shape index (κ1) is 20.7. The molecule has 1 saturated heterocycles. The van der Waals surface area contributed by atoms with Crippen LogP contribution in [0.2, 0.25) is 0 Å². The molecular weight excluding hydrogens is 376 g/mol. The van der Waals surface area contributed by atoms with Gasteiger partial charge in [0.05, 0.1) is 33.0 Å². The lowest BCUT2D eigenvalue weighted by atomic mass is 9.87. The standard InChI is InChI=1S/C21H26N2O6/c1-26-10-8-22-20(24)17-13-23(21(25)18-5-4-9-29-18)12-16(17)15-7-6-14(27-2)11-19(15)28-3/h4-7,9,11,16-17H,8,10,12-13H2,1-3H3,(H,22,24)/t16-,17+/m0/s1. The summed E-state index contributed by atoms with van der Waals surface area (Å²) in [6.45, 7) is 1.50. The van der Waals surface area contributed by atoms with Crippen LogP contribution >= 0.6 is 0 Å². The van der Waals surface area contributed by atoms with Gasteiger partial charge in [-0.3, -0.25) is 9.59 Å². The van der Waals surface area contributed by atoms with Gasteiger partial charge in [0.1, 0.15) is 11.5 Å². The third-order valence-corrected chi connectivity index (χ3v) is 5.12. The van der Waals surface area contributed by atoms with E-state index in [-0.39, 0.29) is 30.0 Å². The average molecular weight is 402 g/mol. The predicted molar refractivity (Wildman–Crippen MR) is 105 cm³/mol. The summed E-state index contributed by atoms with van der Waals surface area (Å²) < 4.78 is 21.1. The number of hydrogen-bond donors (Lipinski definition) is 1. The summed E-state index contributed by atoms with van der Waals surface area (Å²) in [5.74, 6) is 0.528. The number of furan rings is 1. The number of methoxy groups -OCH3 is 3. The molecular formula is C21H26N2O6. The van der Waals surface area contributed by atoms with Gasteiger partial charge in [0, 0.05) is 44.3 Å². The molecule has 1 aromatic heterocycles. The van der Waals surface area contributed by atoms with Gasteiger partial charge in [-0.05, 0) is 18.2 Å². The molecule has 0 radical (unpaired) electrons. The molecule has 8 heteroatoms. The Bertz CT molecular complexity index is 836. The van der Waals surface area contributed by atoms with E-state index in [1.165, 1.54) is 6.26 Å². The molecule has 0 aliphatic carbocycles. The average Bonchev–Trinajstić information content (AvgIpc) is 3.43. The predicted octanol–water partition coefficient (Wildman–Crippen LogP) is 1.92. The quantitative estimate of drug-likeness (QED) is 0.679. The summed E-state index contributed by atoms with van der Waals surface area (Å²) in [6, 6.07) is 8.79. The highest BCUT2D eigenvalue weighted by Crippen LogP contribution is 2.39. The van der Waals surface area contributed by atoms with E-state index in [9.17, 15) is 9.59 Å². The fourth-order valence-corrected chi connectivity index (χ4v) is 3.64. The van der Waals surface area contributed by atoms with E-state index < -0.39 is 5.92 Å². The van der Waals surface area contributed by atoms with Gasteiger partial charge in [-0.1, -0.05) is 6.07 Å². The number of benzene rings is 1. The normalized spacial score (nSPS) is 18.5. The number of amides is 2. The Hall–Kier alpha value is -3.00. The van der Waals surface area contributed by atoms with Crippen LogP contribution in [0, 0.1) is 5.92 Å². The monoisotopic (exact) mass is 402 g/mol. The van der Waals surface area contributed by atoms with Gasteiger partial charge < -0.3 is 28.8 Å². The van der Waals surface area contributed by atoms with Gasteiger partial charge in [0.25, 0.3) is 5.91 Å². The number of carbonyl (C=O) groups is 2. The van der Waals surface area contributed by atoms with Gasteiger partial charge in [0.15, 0.2) is 5.76 Å². The minimum Gasteiger partial charge on any atom is -0.497 e. The van der Waals surface area contributed by atoms with Crippen LogP contribution in [-0.4, -0.2) is 64.3 Å². The van der Waals surface area contributed by atoms with Crippen molar-refractivity contribution in [1.29, 1.82) is 0 Å². The molecule has 0 bridgehead atoms. The van der Waals surface area contributed by atoms with Crippen LogP contribution in [0.4, 0.5) is 0 Å². The molecule has 1 N–H and O–H groups in total. The van der Waals surface area contributed by atoms with Crippen molar-refractivity contribution >= 4 is 11.8 Å². The lowest BCUT2D eigenvalue weighted by molar-refractivity contribution is -0.125. The first-order valence-electron chi connectivity index (χ1n) is 9.40. The van der Waals surface area contributed by atoms with Crippen molar-refractivity contribution in [3.8, 4) is 11.5 Å². The molecule has 3 rings (SSSR count). The van der Waals surface area contributed by atoms with E-state index in [0.717, 1.165) is 5.56 Å². The number of nitrogens with one attached hydrogen (secondary N) is 1. The highest BCUT2D eigenvalue weighted by atomic mass is 16.5. The van der Waals surface area contributed by atoms with Crippen molar-refractivity contribution in [1.82, 2.24) is 10.2 Å². The third kappa shape index (κ3) is 4.54. The van der Waals surface area contributed by atoms with Gasteiger partial charge in [-0.15, -0.1) is 0 Å². The summed E-state index contributed by atoms with van der Waals surface area (Å²) in [5.41, 5.74) is 0.856. The second kappa shape index (κ2) is 9.47. The van der Waals surface area contributed by atoms with E-state index in [1.54, 1.807) is 44.4 Å². The Balaban J connectivity index is 1.88. The number of likely N-dealkylation sites (tertiary alicyclic amines) is 1. The Morgan fingerprint density at radius 2 is 2.00 bits per heavy atom. The van der Waals surface area contributed by atoms with E-state index in [2.05, 4.69) is 5.32 Å².